The lowest BCUT2D eigenvalue weighted by Crippen LogP contribution is -2.04. The average Bonchev–Trinajstić information content (AvgIpc) is 2.62. The van der Waals surface area contributed by atoms with Crippen LogP contribution in [0.25, 0.3) is 0 Å². The van der Waals surface area contributed by atoms with E-state index in [1.807, 2.05) is 0 Å². The number of carboxylic acid groups (broad SMARTS) is 1. The first-order valence-corrected chi connectivity index (χ1v) is 8.01. The Kier molecular flexibility index (Phi) is 8.33. The fraction of sp³-hybridized carbons (Fsp3) is 0.188. The second kappa shape index (κ2) is 10.00. The highest BCUT2D eigenvalue weighted by atomic mass is 35.5. The molecule has 0 unspecified atom stereocenters. The molecule has 152 valence electrons. The van der Waals surface area contributed by atoms with Crippen molar-refractivity contribution in [3.8, 4) is 17.2 Å². The number of nitrogens with zero attached hydrogens (tertiary/aromatic N) is 1. The fourth-order valence-electron chi connectivity index (χ4n) is 1.66. The largest absolute Gasteiger partial charge is 0.481 e. The normalized spacial score (nSPS) is 10.5. The number of benzene rings is 2. The molecule has 0 amide bonds. The van der Waals surface area contributed by atoms with Crippen LogP contribution in [0.5, 0.6) is 17.2 Å². The molecule has 0 aliphatic rings. The van der Waals surface area contributed by atoms with Crippen molar-refractivity contribution in [1.82, 2.24) is 0 Å². The van der Waals surface area contributed by atoms with Gasteiger partial charge in [-0.25, -0.2) is 0 Å². The molecule has 0 saturated heterocycles. The Morgan fingerprint density at radius 1 is 1.21 bits per heavy atom. The number of hydrogen-bond donors (Lipinski definition) is 1. The Bertz CT molecular complexity index is 861. The molecule has 0 fully saturated rings. The number of carboxylic acids is 1. The van der Waals surface area contributed by atoms with Gasteiger partial charge in [-0.05, 0) is 24.3 Å². The summed E-state index contributed by atoms with van der Waals surface area (Å²) in [6, 6.07) is 5.95. The lowest BCUT2D eigenvalue weighted by Gasteiger charge is -2.11. The van der Waals surface area contributed by atoms with Gasteiger partial charge in [0, 0.05) is 18.6 Å². The van der Waals surface area contributed by atoms with Crippen molar-refractivity contribution in [2.45, 2.75) is 19.5 Å². The quantitative estimate of drug-likeness (QED) is 0.446. The van der Waals surface area contributed by atoms with Gasteiger partial charge in [-0.15, -0.1) is 0 Å². The van der Waals surface area contributed by atoms with Crippen molar-refractivity contribution in [1.29, 1.82) is 0 Å². The minimum Gasteiger partial charge on any atom is -0.481 e. The number of halogens is 5. The molecule has 2 aromatic carbocycles. The summed E-state index contributed by atoms with van der Waals surface area (Å²) >= 11 is 10.9. The summed E-state index contributed by atoms with van der Waals surface area (Å²) in [5.41, 5.74) is -1.32. The van der Waals surface area contributed by atoms with E-state index in [0.717, 1.165) is 24.3 Å². The van der Waals surface area contributed by atoms with E-state index < -0.39 is 28.3 Å². The van der Waals surface area contributed by atoms with Crippen LogP contribution in [0.15, 0.2) is 36.4 Å². The zero-order valence-electron chi connectivity index (χ0n) is 14.0. The molecule has 0 heterocycles. The number of ether oxygens (including phenoxy) is 1. The maximum Gasteiger partial charge on any atom is 0.416 e. The summed E-state index contributed by atoms with van der Waals surface area (Å²) in [5, 5.41) is 18.2. The van der Waals surface area contributed by atoms with Gasteiger partial charge in [-0.3, -0.25) is 14.9 Å². The van der Waals surface area contributed by atoms with Gasteiger partial charge < -0.3 is 14.1 Å². The summed E-state index contributed by atoms with van der Waals surface area (Å²) in [6.07, 6.45) is -4.31. The minimum atomic E-state index is -4.53. The Morgan fingerprint density at radius 3 is 2.25 bits per heavy atom. The Balaban J connectivity index is 0.000000696. The smallest absolute Gasteiger partial charge is 0.416 e. The third kappa shape index (κ3) is 6.78. The second-order valence-electron chi connectivity index (χ2n) is 4.96. The summed E-state index contributed by atoms with van der Waals surface area (Å²) in [7, 11) is 0. The van der Waals surface area contributed by atoms with Crippen LogP contribution in [-0.2, 0) is 11.0 Å². The number of nitro groups is 1. The molecule has 28 heavy (non-hydrogen) atoms. The molecule has 0 atom stereocenters. The second-order valence-corrected chi connectivity index (χ2v) is 5.52. The number of carbonyl (C=O) groups is 1. The molecule has 0 aliphatic carbocycles. The standard InChI is InChI=1S/C13H6Cl2F3NO4.C3H6O2/c14-9-5-7(13(16,17)18)1-4-11(9)22-8-2-3-10(19(20)21)12(6-8)23-15;1-2-3(4)5/h1-6H;2H2,1H3,(H,4,5). The SMILES string of the molecule is CCC(=O)O.O=[N+]([O-])c1ccc(Oc2ccc(C(F)(F)F)cc2Cl)cc1OCl. The van der Waals surface area contributed by atoms with Gasteiger partial charge in [0.05, 0.1) is 15.5 Å². The van der Waals surface area contributed by atoms with Crippen molar-refractivity contribution in [3.05, 3.63) is 57.1 Å². The van der Waals surface area contributed by atoms with Gasteiger partial charge in [0.2, 0.25) is 5.75 Å². The molecular formula is C16H12Cl2F3NO6. The summed E-state index contributed by atoms with van der Waals surface area (Å²) in [6.45, 7) is 1.60. The van der Waals surface area contributed by atoms with Crippen molar-refractivity contribution in [2.75, 3.05) is 0 Å². The highest BCUT2D eigenvalue weighted by Crippen LogP contribution is 2.38. The van der Waals surface area contributed by atoms with E-state index in [1.54, 1.807) is 6.92 Å². The molecule has 7 nitrogen and oxygen atoms in total. The van der Waals surface area contributed by atoms with Crippen LogP contribution in [-0.4, -0.2) is 16.0 Å². The van der Waals surface area contributed by atoms with Crippen LogP contribution in [0.1, 0.15) is 18.9 Å². The topological polar surface area (TPSA) is 98.9 Å². The maximum absolute atomic E-state index is 12.6. The number of alkyl halides is 3. The Hall–Kier alpha value is -2.72. The Labute approximate surface area is 166 Å². The van der Waals surface area contributed by atoms with Crippen LogP contribution in [0.3, 0.4) is 0 Å². The zero-order valence-corrected chi connectivity index (χ0v) is 15.5. The predicted molar refractivity (Wildman–Crippen MR) is 94.0 cm³/mol. The van der Waals surface area contributed by atoms with Crippen molar-refractivity contribution in [3.63, 3.8) is 0 Å². The Morgan fingerprint density at radius 2 is 1.82 bits per heavy atom. The van der Waals surface area contributed by atoms with E-state index in [0.29, 0.717) is 6.07 Å². The predicted octanol–water partition coefficient (Wildman–Crippen LogP) is 6.07. The highest BCUT2D eigenvalue weighted by molar-refractivity contribution is 6.32. The molecule has 2 aromatic rings. The first-order chi connectivity index (χ1) is 13.0. The molecule has 2 rings (SSSR count). The molecular weight excluding hydrogens is 430 g/mol. The molecule has 0 radical (unpaired) electrons. The van der Waals surface area contributed by atoms with Gasteiger partial charge in [0.25, 0.3) is 0 Å². The van der Waals surface area contributed by atoms with E-state index in [-0.39, 0.29) is 28.7 Å². The lowest BCUT2D eigenvalue weighted by atomic mass is 10.2. The van der Waals surface area contributed by atoms with E-state index in [4.69, 9.17) is 33.3 Å². The van der Waals surface area contributed by atoms with Crippen LogP contribution >= 0.6 is 23.5 Å². The van der Waals surface area contributed by atoms with Gasteiger partial charge in [0.1, 0.15) is 23.4 Å². The van der Waals surface area contributed by atoms with Gasteiger partial charge in [-0.1, -0.05) is 18.5 Å². The van der Waals surface area contributed by atoms with Crippen LogP contribution in [0.2, 0.25) is 5.02 Å². The third-order valence-corrected chi connectivity index (χ3v) is 3.46. The van der Waals surface area contributed by atoms with E-state index in [2.05, 4.69) is 4.29 Å². The average molecular weight is 442 g/mol. The van der Waals surface area contributed by atoms with Gasteiger partial charge in [-0.2, -0.15) is 13.2 Å². The van der Waals surface area contributed by atoms with Crippen molar-refractivity contribution >= 4 is 35.1 Å². The van der Waals surface area contributed by atoms with Crippen LogP contribution in [0.4, 0.5) is 18.9 Å². The van der Waals surface area contributed by atoms with Crippen molar-refractivity contribution < 1.29 is 37.0 Å². The first kappa shape index (κ1) is 23.3. The maximum atomic E-state index is 12.6. The summed E-state index contributed by atoms with van der Waals surface area (Å²) < 4.78 is 47.3. The van der Waals surface area contributed by atoms with E-state index in [9.17, 15) is 28.1 Å². The number of hydrogen-bond acceptors (Lipinski definition) is 5. The molecule has 12 heteroatoms. The molecule has 0 aromatic heterocycles. The molecule has 0 aliphatic heterocycles. The van der Waals surface area contributed by atoms with Crippen LogP contribution in [0, 0.1) is 10.1 Å². The fourth-order valence-corrected chi connectivity index (χ4v) is 2.00. The minimum absolute atomic E-state index is 0.0490. The highest BCUT2D eigenvalue weighted by Gasteiger charge is 2.31. The molecule has 0 bridgehead atoms. The zero-order chi connectivity index (χ0) is 21.5. The van der Waals surface area contributed by atoms with Crippen LogP contribution < -0.4 is 9.03 Å². The number of nitro benzene ring substituents is 1. The summed E-state index contributed by atoms with van der Waals surface area (Å²) in [5.74, 6) is -1.04. The number of aliphatic carboxylic acids is 1. The third-order valence-electron chi connectivity index (χ3n) is 3.00. The lowest BCUT2D eigenvalue weighted by molar-refractivity contribution is -0.385. The van der Waals surface area contributed by atoms with Gasteiger partial charge >= 0.3 is 17.8 Å². The first-order valence-electron chi connectivity index (χ1n) is 7.33. The number of rotatable bonds is 5. The van der Waals surface area contributed by atoms with Gasteiger partial charge in [0.15, 0.2) is 0 Å². The summed E-state index contributed by atoms with van der Waals surface area (Å²) in [4.78, 5) is 19.4. The van der Waals surface area contributed by atoms with E-state index >= 15 is 0 Å². The molecule has 0 spiro atoms. The molecule has 0 saturated carbocycles. The van der Waals surface area contributed by atoms with E-state index in [1.165, 1.54) is 6.07 Å². The van der Waals surface area contributed by atoms with Crippen molar-refractivity contribution in [2.24, 2.45) is 0 Å². The monoisotopic (exact) mass is 441 g/mol. The molecule has 1 N–H and O–H groups in total.